The van der Waals surface area contributed by atoms with Gasteiger partial charge in [-0.3, -0.25) is 0 Å². The number of ether oxygens (including phenoxy) is 1. The van der Waals surface area contributed by atoms with Crippen molar-refractivity contribution in [2.75, 3.05) is 0 Å². The zero-order valence-electron chi connectivity index (χ0n) is 16.2. The van der Waals surface area contributed by atoms with E-state index in [2.05, 4.69) is 49.6 Å². The molecule has 1 heteroatoms. The average molecular weight is 374 g/mol. The van der Waals surface area contributed by atoms with Crippen LogP contribution in [0.1, 0.15) is 11.1 Å². The maximum absolute atomic E-state index is 6.54. The quantitative estimate of drug-likeness (QED) is 0.331. The fourth-order valence-corrected chi connectivity index (χ4v) is 3.55. The molecule has 0 bridgehead atoms. The summed E-state index contributed by atoms with van der Waals surface area (Å²) in [6, 6.07) is 32.6. The molecule has 0 heterocycles. The molecular weight excluding hydrogens is 352 g/mol. The zero-order chi connectivity index (χ0) is 20.1. The lowest BCUT2D eigenvalue weighted by Crippen LogP contribution is -1.94. The summed E-state index contributed by atoms with van der Waals surface area (Å²) in [6.45, 7) is 7.98. The smallest absolute Gasteiger partial charge is 0.135 e. The van der Waals surface area contributed by atoms with Crippen molar-refractivity contribution >= 4 is 12.2 Å². The second-order valence-corrected chi connectivity index (χ2v) is 6.68. The van der Waals surface area contributed by atoms with Gasteiger partial charge in [0, 0.05) is 11.1 Å². The highest BCUT2D eigenvalue weighted by Crippen LogP contribution is 2.41. The van der Waals surface area contributed by atoms with E-state index in [0.717, 1.165) is 44.9 Å². The number of hydrogen-bond donors (Lipinski definition) is 0. The van der Waals surface area contributed by atoms with Crippen LogP contribution in [0.3, 0.4) is 0 Å². The predicted molar refractivity (Wildman–Crippen MR) is 124 cm³/mol. The summed E-state index contributed by atoms with van der Waals surface area (Å²) in [5.74, 6) is 1.60. The maximum Gasteiger partial charge on any atom is 0.135 e. The molecule has 0 aliphatic rings. The SMILES string of the molecule is C=Cc1cccc(Oc2cccc(C=C)c2-c2ccccc2)c1-c1ccccc1. The van der Waals surface area contributed by atoms with Gasteiger partial charge >= 0.3 is 0 Å². The number of rotatable bonds is 6. The molecule has 0 radical (unpaired) electrons. The summed E-state index contributed by atoms with van der Waals surface area (Å²) in [5, 5.41) is 0. The van der Waals surface area contributed by atoms with Crippen LogP contribution in [0.4, 0.5) is 0 Å². The average Bonchev–Trinajstić information content (AvgIpc) is 2.80. The minimum absolute atomic E-state index is 0.798. The number of hydrogen-bond acceptors (Lipinski definition) is 1. The van der Waals surface area contributed by atoms with Crippen LogP contribution in [0.5, 0.6) is 11.5 Å². The third-order valence-corrected chi connectivity index (χ3v) is 4.90. The minimum Gasteiger partial charge on any atom is -0.456 e. The van der Waals surface area contributed by atoms with E-state index >= 15 is 0 Å². The van der Waals surface area contributed by atoms with Gasteiger partial charge in [-0.15, -0.1) is 0 Å². The molecule has 0 spiro atoms. The van der Waals surface area contributed by atoms with Gasteiger partial charge in [0.1, 0.15) is 11.5 Å². The second kappa shape index (κ2) is 8.45. The Hall–Kier alpha value is -3.84. The van der Waals surface area contributed by atoms with Gasteiger partial charge in [0.15, 0.2) is 0 Å². The molecule has 0 atom stereocenters. The van der Waals surface area contributed by atoms with Gasteiger partial charge in [0.2, 0.25) is 0 Å². The van der Waals surface area contributed by atoms with Crippen LogP contribution >= 0.6 is 0 Å². The summed E-state index contributed by atoms with van der Waals surface area (Å²) in [5.41, 5.74) is 6.33. The van der Waals surface area contributed by atoms with E-state index in [1.165, 1.54) is 0 Å². The molecule has 0 N–H and O–H groups in total. The fraction of sp³-hybridized carbons (Fsp3) is 0. The Morgan fingerprint density at radius 1 is 0.483 bits per heavy atom. The molecule has 0 aliphatic carbocycles. The van der Waals surface area contributed by atoms with Crippen LogP contribution in [0.25, 0.3) is 34.4 Å². The lowest BCUT2D eigenvalue weighted by molar-refractivity contribution is 0.486. The molecule has 4 rings (SSSR count). The monoisotopic (exact) mass is 374 g/mol. The van der Waals surface area contributed by atoms with Crippen LogP contribution < -0.4 is 4.74 Å². The van der Waals surface area contributed by atoms with E-state index in [4.69, 9.17) is 4.74 Å². The molecule has 0 saturated carbocycles. The highest BCUT2D eigenvalue weighted by molar-refractivity contribution is 5.83. The highest BCUT2D eigenvalue weighted by Gasteiger charge is 2.15. The highest BCUT2D eigenvalue weighted by atomic mass is 16.5. The van der Waals surface area contributed by atoms with Crippen LogP contribution in [-0.2, 0) is 0 Å². The lowest BCUT2D eigenvalue weighted by atomic mass is 9.97. The van der Waals surface area contributed by atoms with Gasteiger partial charge in [-0.25, -0.2) is 0 Å². The van der Waals surface area contributed by atoms with E-state index < -0.39 is 0 Å². The van der Waals surface area contributed by atoms with Crippen LogP contribution in [-0.4, -0.2) is 0 Å². The molecule has 1 nitrogen and oxygen atoms in total. The Bertz CT molecular complexity index is 1050. The van der Waals surface area contributed by atoms with Crippen molar-refractivity contribution < 1.29 is 4.74 Å². The van der Waals surface area contributed by atoms with Crippen molar-refractivity contribution in [1.82, 2.24) is 0 Å². The van der Waals surface area contributed by atoms with Gasteiger partial charge in [0.05, 0.1) is 0 Å². The predicted octanol–water partition coefficient (Wildman–Crippen LogP) is 8.10. The molecule has 0 saturated heterocycles. The van der Waals surface area contributed by atoms with Gasteiger partial charge in [-0.2, -0.15) is 0 Å². The van der Waals surface area contributed by atoms with Crippen LogP contribution in [0.15, 0.2) is 110 Å². The van der Waals surface area contributed by atoms with E-state index in [9.17, 15) is 0 Å². The summed E-state index contributed by atoms with van der Waals surface area (Å²) < 4.78 is 6.54. The zero-order valence-corrected chi connectivity index (χ0v) is 16.2. The molecular formula is C28H22O. The molecule has 0 aromatic heterocycles. The van der Waals surface area contributed by atoms with Crippen molar-refractivity contribution in [2.45, 2.75) is 0 Å². The fourth-order valence-electron chi connectivity index (χ4n) is 3.55. The molecule has 4 aromatic rings. The molecule has 29 heavy (non-hydrogen) atoms. The molecule has 0 amide bonds. The van der Waals surface area contributed by atoms with Crippen molar-refractivity contribution in [3.05, 3.63) is 121 Å². The first kappa shape index (κ1) is 18.5. The summed E-state index contributed by atoms with van der Waals surface area (Å²) in [6.07, 6.45) is 3.74. The first-order valence-corrected chi connectivity index (χ1v) is 9.61. The van der Waals surface area contributed by atoms with Gasteiger partial charge in [-0.05, 0) is 34.4 Å². The van der Waals surface area contributed by atoms with E-state index in [-0.39, 0.29) is 0 Å². The Kier molecular flexibility index (Phi) is 5.40. The van der Waals surface area contributed by atoms with Crippen molar-refractivity contribution in [3.63, 3.8) is 0 Å². The lowest BCUT2D eigenvalue weighted by Gasteiger charge is -2.18. The Labute approximate surface area is 172 Å². The van der Waals surface area contributed by atoms with Crippen molar-refractivity contribution in [2.24, 2.45) is 0 Å². The third kappa shape index (κ3) is 3.76. The van der Waals surface area contributed by atoms with E-state index in [0.29, 0.717) is 0 Å². The number of benzene rings is 4. The maximum atomic E-state index is 6.54. The van der Waals surface area contributed by atoms with Gasteiger partial charge in [-0.1, -0.05) is 110 Å². The summed E-state index contributed by atoms with van der Waals surface area (Å²) in [4.78, 5) is 0. The largest absolute Gasteiger partial charge is 0.456 e. The normalized spacial score (nSPS) is 10.3. The summed E-state index contributed by atoms with van der Waals surface area (Å²) >= 11 is 0. The molecule has 0 unspecified atom stereocenters. The molecule has 140 valence electrons. The van der Waals surface area contributed by atoms with Gasteiger partial charge < -0.3 is 4.74 Å². The second-order valence-electron chi connectivity index (χ2n) is 6.68. The first-order valence-electron chi connectivity index (χ1n) is 9.61. The van der Waals surface area contributed by atoms with E-state index in [1.54, 1.807) is 0 Å². The van der Waals surface area contributed by atoms with Crippen molar-refractivity contribution in [1.29, 1.82) is 0 Å². The van der Waals surface area contributed by atoms with Crippen molar-refractivity contribution in [3.8, 4) is 33.8 Å². The Morgan fingerprint density at radius 3 is 1.28 bits per heavy atom. The third-order valence-electron chi connectivity index (χ3n) is 4.90. The van der Waals surface area contributed by atoms with Crippen LogP contribution in [0, 0.1) is 0 Å². The molecule has 0 aliphatic heterocycles. The minimum atomic E-state index is 0.798. The van der Waals surface area contributed by atoms with E-state index in [1.807, 2.05) is 72.8 Å². The standard InChI is InChI=1S/C28H22O/c1-3-21-17-11-19-25(27(21)23-13-7-5-8-14-23)29-26-20-12-18-22(4-2)28(26)24-15-9-6-10-16-24/h3-20H,1-2H2. The Morgan fingerprint density at radius 2 is 0.897 bits per heavy atom. The molecule has 4 aromatic carbocycles. The summed E-state index contributed by atoms with van der Waals surface area (Å²) in [7, 11) is 0. The molecule has 0 fully saturated rings. The topological polar surface area (TPSA) is 9.23 Å². The first-order chi connectivity index (χ1) is 14.3. The van der Waals surface area contributed by atoms with Gasteiger partial charge in [0.25, 0.3) is 0 Å². The Balaban J connectivity index is 1.89. The van der Waals surface area contributed by atoms with Crippen LogP contribution in [0.2, 0.25) is 0 Å².